The van der Waals surface area contributed by atoms with E-state index >= 15 is 0 Å². The molecule has 2 atom stereocenters. The summed E-state index contributed by atoms with van der Waals surface area (Å²) < 4.78 is 2.56. The SMILES string of the molecule is CCCCCCCCCCCC(C)n1ccnc1C(CCCCCCC)CCCCCCCCCC. The lowest BCUT2D eigenvalue weighted by Gasteiger charge is -2.22. The average Bonchev–Trinajstić information content (AvgIpc) is 3.38. The average molecular weight is 503 g/mol. The van der Waals surface area contributed by atoms with Gasteiger partial charge in [-0.15, -0.1) is 0 Å². The molecule has 1 aromatic rings. The molecule has 0 radical (unpaired) electrons. The first-order valence-electron chi connectivity index (χ1n) is 16.8. The van der Waals surface area contributed by atoms with E-state index in [1.807, 2.05) is 0 Å². The number of rotatable bonds is 27. The highest BCUT2D eigenvalue weighted by atomic mass is 15.1. The van der Waals surface area contributed by atoms with E-state index in [1.54, 1.807) is 0 Å². The molecule has 36 heavy (non-hydrogen) atoms. The van der Waals surface area contributed by atoms with Crippen molar-refractivity contribution >= 4 is 0 Å². The zero-order valence-electron chi connectivity index (χ0n) is 25.4. The maximum Gasteiger partial charge on any atom is 0.111 e. The van der Waals surface area contributed by atoms with Crippen LogP contribution in [0.1, 0.15) is 206 Å². The maximum atomic E-state index is 4.96. The third-order valence-electron chi connectivity index (χ3n) is 8.33. The second kappa shape index (κ2) is 24.5. The largest absolute Gasteiger partial charge is 0.332 e. The minimum absolute atomic E-state index is 0.591. The topological polar surface area (TPSA) is 17.8 Å². The Hall–Kier alpha value is -0.790. The van der Waals surface area contributed by atoms with Gasteiger partial charge in [0.15, 0.2) is 0 Å². The number of unbranched alkanes of at least 4 members (excludes halogenated alkanes) is 19. The molecule has 0 fully saturated rings. The van der Waals surface area contributed by atoms with Gasteiger partial charge in [0, 0.05) is 24.4 Å². The van der Waals surface area contributed by atoms with Crippen molar-refractivity contribution in [3.63, 3.8) is 0 Å². The molecule has 2 unspecified atom stereocenters. The fourth-order valence-electron chi connectivity index (χ4n) is 5.82. The normalized spacial score (nSPS) is 13.3. The van der Waals surface area contributed by atoms with Crippen molar-refractivity contribution < 1.29 is 0 Å². The highest BCUT2D eigenvalue weighted by Crippen LogP contribution is 2.30. The van der Waals surface area contributed by atoms with Crippen LogP contribution in [0.15, 0.2) is 12.4 Å². The van der Waals surface area contributed by atoms with E-state index in [-0.39, 0.29) is 0 Å². The summed E-state index contributed by atoms with van der Waals surface area (Å²) in [5.74, 6) is 2.06. The van der Waals surface area contributed by atoms with Crippen LogP contribution in [0.5, 0.6) is 0 Å². The van der Waals surface area contributed by atoms with Crippen LogP contribution in [0.25, 0.3) is 0 Å². The number of imidazole rings is 1. The standard InChI is InChI=1S/C34H66N2/c1-5-8-11-14-16-18-19-22-24-27-32(4)36-31-30-35-34(36)33(28-25-21-13-10-7-3)29-26-23-20-17-15-12-9-6-2/h30-33H,5-29H2,1-4H3. The van der Waals surface area contributed by atoms with Gasteiger partial charge in [0.1, 0.15) is 5.82 Å². The molecule has 0 N–H and O–H groups in total. The molecule has 1 rings (SSSR count). The van der Waals surface area contributed by atoms with Crippen LogP contribution in [0.2, 0.25) is 0 Å². The van der Waals surface area contributed by atoms with Crippen LogP contribution >= 0.6 is 0 Å². The third kappa shape index (κ3) is 16.9. The molecule has 0 saturated heterocycles. The summed E-state index contributed by atoms with van der Waals surface area (Å²) >= 11 is 0. The molecule has 0 aliphatic carbocycles. The lowest BCUT2D eigenvalue weighted by atomic mass is 9.93. The van der Waals surface area contributed by atoms with E-state index in [1.165, 1.54) is 166 Å². The Morgan fingerprint density at radius 2 is 0.889 bits per heavy atom. The van der Waals surface area contributed by atoms with Crippen molar-refractivity contribution in [2.75, 3.05) is 0 Å². The Morgan fingerprint density at radius 1 is 0.528 bits per heavy atom. The first kappa shape index (κ1) is 33.2. The van der Waals surface area contributed by atoms with E-state index < -0.39 is 0 Å². The molecule has 2 heteroatoms. The first-order valence-corrected chi connectivity index (χ1v) is 16.8. The minimum atomic E-state index is 0.591. The summed E-state index contributed by atoms with van der Waals surface area (Å²) in [5.41, 5.74) is 0. The van der Waals surface area contributed by atoms with E-state index in [0.717, 1.165) is 0 Å². The monoisotopic (exact) mass is 503 g/mol. The van der Waals surface area contributed by atoms with Crippen molar-refractivity contribution in [2.45, 2.75) is 200 Å². The van der Waals surface area contributed by atoms with Gasteiger partial charge in [-0.1, -0.05) is 162 Å². The summed E-state index contributed by atoms with van der Waals surface area (Å²) in [6.45, 7) is 9.37. The second-order valence-corrected chi connectivity index (χ2v) is 11.8. The molecule has 1 aromatic heterocycles. The van der Waals surface area contributed by atoms with Crippen molar-refractivity contribution in [2.24, 2.45) is 0 Å². The first-order chi connectivity index (χ1) is 17.7. The number of hydrogen-bond donors (Lipinski definition) is 0. The lowest BCUT2D eigenvalue weighted by molar-refractivity contribution is 0.412. The van der Waals surface area contributed by atoms with E-state index in [0.29, 0.717) is 12.0 Å². The number of hydrogen-bond acceptors (Lipinski definition) is 1. The van der Waals surface area contributed by atoms with Crippen LogP contribution in [0.3, 0.4) is 0 Å². The highest BCUT2D eigenvalue weighted by molar-refractivity contribution is 5.02. The minimum Gasteiger partial charge on any atom is -0.332 e. The molecule has 0 bridgehead atoms. The summed E-state index contributed by atoms with van der Waals surface area (Å²) in [6.07, 6.45) is 39.3. The summed E-state index contributed by atoms with van der Waals surface area (Å²) in [5, 5.41) is 0. The Morgan fingerprint density at radius 3 is 1.31 bits per heavy atom. The van der Waals surface area contributed by atoms with E-state index in [9.17, 15) is 0 Å². The molecule has 0 aliphatic heterocycles. The molecule has 0 spiro atoms. The fourth-order valence-corrected chi connectivity index (χ4v) is 5.82. The Balaban J connectivity index is 2.45. The van der Waals surface area contributed by atoms with Crippen molar-refractivity contribution in [3.8, 4) is 0 Å². The predicted octanol–water partition coefficient (Wildman–Crippen LogP) is 12.3. The van der Waals surface area contributed by atoms with Gasteiger partial charge in [-0.3, -0.25) is 0 Å². The third-order valence-corrected chi connectivity index (χ3v) is 8.33. The van der Waals surface area contributed by atoms with Gasteiger partial charge in [0.25, 0.3) is 0 Å². The lowest BCUT2D eigenvalue weighted by Crippen LogP contribution is -2.13. The van der Waals surface area contributed by atoms with Crippen LogP contribution in [0.4, 0.5) is 0 Å². The van der Waals surface area contributed by atoms with Crippen LogP contribution in [-0.2, 0) is 0 Å². The number of nitrogens with zero attached hydrogens (tertiary/aromatic N) is 2. The summed E-state index contributed by atoms with van der Waals surface area (Å²) in [7, 11) is 0. The molecule has 2 nitrogen and oxygen atoms in total. The summed E-state index contributed by atoms with van der Waals surface area (Å²) in [6, 6.07) is 0.591. The molecule has 0 aromatic carbocycles. The van der Waals surface area contributed by atoms with Crippen molar-refractivity contribution in [3.05, 3.63) is 18.2 Å². The molecular formula is C34H66N2. The van der Waals surface area contributed by atoms with Gasteiger partial charge >= 0.3 is 0 Å². The van der Waals surface area contributed by atoms with Gasteiger partial charge in [0.2, 0.25) is 0 Å². The smallest absolute Gasteiger partial charge is 0.111 e. The van der Waals surface area contributed by atoms with Gasteiger partial charge in [-0.05, 0) is 26.2 Å². The molecular weight excluding hydrogens is 436 g/mol. The second-order valence-electron chi connectivity index (χ2n) is 11.8. The van der Waals surface area contributed by atoms with Crippen LogP contribution < -0.4 is 0 Å². The van der Waals surface area contributed by atoms with E-state index in [4.69, 9.17) is 4.98 Å². The van der Waals surface area contributed by atoms with E-state index in [2.05, 4.69) is 44.7 Å². The fraction of sp³-hybridized carbons (Fsp3) is 0.912. The zero-order chi connectivity index (χ0) is 26.1. The van der Waals surface area contributed by atoms with Gasteiger partial charge < -0.3 is 4.57 Å². The Labute approximate surface area is 227 Å². The van der Waals surface area contributed by atoms with Crippen LogP contribution in [-0.4, -0.2) is 9.55 Å². The quantitative estimate of drug-likeness (QED) is 0.109. The van der Waals surface area contributed by atoms with Gasteiger partial charge in [-0.25, -0.2) is 4.98 Å². The Kier molecular flexibility index (Phi) is 22.7. The predicted molar refractivity (Wildman–Crippen MR) is 162 cm³/mol. The molecule has 1 heterocycles. The Bertz CT molecular complexity index is 563. The van der Waals surface area contributed by atoms with Crippen LogP contribution in [0, 0.1) is 0 Å². The van der Waals surface area contributed by atoms with Gasteiger partial charge in [0.05, 0.1) is 0 Å². The molecule has 0 amide bonds. The molecule has 0 aliphatic rings. The highest BCUT2D eigenvalue weighted by Gasteiger charge is 2.19. The molecule has 0 saturated carbocycles. The van der Waals surface area contributed by atoms with Crippen molar-refractivity contribution in [1.82, 2.24) is 9.55 Å². The van der Waals surface area contributed by atoms with Gasteiger partial charge in [-0.2, -0.15) is 0 Å². The zero-order valence-corrected chi connectivity index (χ0v) is 25.4. The summed E-state index contributed by atoms with van der Waals surface area (Å²) in [4.78, 5) is 4.96. The molecule has 212 valence electrons. The van der Waals surface area contributed by atoms with Crippen molar-refractivity contribution in [1.29, 1.82) is 0 Å². The maximum absolute atomic E-state index is 4.96. The number of aromatic nitrogens is 2.